The zero-order chi connectivity index (χ0) is 20.4. The number of rotatable bonds is 5. The van der Waals surface area contributed by atoms with Gasteiger partial charge in [0.1, 0.15) is 0 Å². The summed E-state index contributed by atoms with van der Waals surface area (Å²) in [5.41, 5.74) is 1.39. The van der Waals surface area contributed by atoms with Crippen LogP contribution in [0, 0.1) is 11.8 Å². The minimum atomic E-state index is 0.0104. The van der Waals surface area contributed by atoms with Gasteiger partial charge in [-0.2, -0.15) is 0 Å². The Morgan fingerprint density at radius 2 is 1.79 bits per heavy atom. The van der Waals surface area contributed by atoms with Gasteiger partial charge in [0, 0.05) is 11.6 Å². The van der Waals surface area contributed by atoms with E-state index in [0.29, 0.717) is 33.5 Å². The van der Waals surface area contributed by atoms with E-state index >= 15 is 0 Å². The topological polar surface area (TPSA) is 52.0 Å². The van der Waals surface area contributed by atoms with Crippen LogP contribution in [0.25, 0.3) is 10.9 Å². The molecule has 1 heterocycles. The maximum Gasteiger partial charge on any atom is 0.262 e. The maximum atomic E-state index is 13.4. The van der Waals surface area contributed by atoms with Crippen LogP contribution in [0.2, 0.25) is 0 Å². The first-order valence-electron chi connectivity index (χ1n) is 10.3. The number of hydrogen-bond donors (Lipinski definition) is 0. The van der Waals surface area contributed by atoms with Gasteiger partial charge in [0.2, 0.25) is 0 Å². The van der Waals surface area contributed by atoms with Gasteiger partial charge in [-0.25, -0.2) is 4.98 Å². The second-order valence-corrected chi connectivity index (χ2v) is 8.94. The van der Waals surface area contributed by atoms with Crippen LogP contribution < -0.4 is 5.56 Å². The molecule has 5 heteroatoms. The largest absolute Gasteiger partial charge is 0.293 e. The van der Waals surface area contributed by atoms with Crippen LogP contribution in [0.4, 0.5) is 0 Å². The Balaban J connectivity index is 1.73. The first-order valence-corrected chi connectivity index (χ1v) is 11.3. The summed E-state index contributed by atoms with van der Waals surface area (Å²) in [6.45, 7) is 4.50. The highest BCUT2D eigenvalue weighted by Gasteiger charge is 2.31. The summed E-state index contributed by atoms with van der Waals surface area (Å²) >= 11 is 1.38. The van der Waals surface area contributed by atoms with Crippen molar-refractivity contribution in [1.82, 2.24) is 9.55 Å². The third-order valence-electron chi connectivity index (χ3n) is 6.20. The lowest BCUT2D eigenvalue weighted by Gasteiger charge is -2.36. The fraction of sp³-hybridized carbons (Fsp3) is 0.375. The van der Waals surface area contributed by atoms with Crippen molar-refractivity contribution in [2.45, 2.75) is 44.3 Å². The van der Waals surface area contributed by atoms with Crippen LogP contribution in [0.5, 0.6) is 0 Å². The molecule has 0 spiro atoms. The summed E-state index contributed by atoms with van der Waals surface area (Å²) in [5, 5.41) is 1.31. The fourth-order valence-electron chi connectivity index (χ4n) is 4.28. The number of carbonyl (C=O) groups is 1. The van der Waals surface area contributed by atoms with E-state index < -0.39 is 0 Å². The average Bonchev–Trinajstić information content (AvgIpc) is 2.75. The molecule has 1 saturated carbocycles. The second kappa shape index (κ2) is 8.54. The lowest BCUT2D eigenvalue weighted by molar-refractivity contribution is 0.102. The average molecular weight is 407 g/mol. The van der Waals surface area contributed by atoms with Crippen molar-refractivity contribution in [2.24, 2.45) is 11.8 Å². The SMILES string of the molecule is C[C@@H]1[C@@H](C)CCC[C@@H]1n1c(SCC(=O)c2ccccc2)nc2ccccc2c1=O. The van der Waals surface area contributed by atoms with Gasteiger partial charge in [0.15, 0.2) is 10.9 Å². The summed E-state index contributed by atoms with van der Waals surface area (Å²) in [6, 6.07) is 16.9. The van der Waals surface area contributed by atoms with Crippen LogP contribution in [0.15, 0.2) is 64.5 Å². The molecule has 1 aliphatic rings. The smallest absolute Gasteiger partial charge is 0.262 e. The Labute approximate surface area is 175 Å². The summed E-state index contributed by atoms with van der Waals surface area (Å²) in [7, 11) is 0. The molecule has 150 valence electrons. The molecule has 2 aromatic carbocycles. The molecule has 0 bridgehead atoms. The van der Waals surface area contributed by atoms with E-state index in [1.54, 1.807) is 0 Å². The zero-order valence-electron chi connectivity index (χ0n) is 16.9. The molecule has 29 heavy (non-hydrogen) atoms. The van der Waals surface area contributed by atoms with Crippen molar-refractivity contribution >= 4 is 28.4 Å². The minimum absolute atomic E-state index is 0.0104. The Kier molecular flexibility index (Phi) is 5.86. The number of para-hydroxylation sites is 1. The van der Waals surface area contributed by atoms with E-state index in [-0.39, 0.29) is 23.1 Å². The summed E-state index contributed by atoms with van der Waals surface area (Å²) in [4.78, 5) is 30.9. The predicted octanol–water partition coefficient (Wildman–Crippen LogP) is 5.37. The Bertz CT molecular complexity index is 1080. The number of Topliss-reactive ketones (excluding diaryl/α,β-unsaturated/α-hetero) is 1. The number of aromatic nitrogens is 2. The molecule has 4 nitrogen and oxygen atoms in total. The third kappa shape index (κ3) is 4.01. The maximum absolute atomic E-state index is 13.4. The van der Waals surface area contributed by atoms with Gasteiger partial charge in [-0.3, -0.25) is 14.2 Å². The van der Waals surface area contributed by atoms with Gasteiger partial charge in [0.25, 0.3) is 5.56 Å². The van der Waals surface area contributed by atoms with Crippen molar-refractivity contribution in [3.63, 3.8) is 0 Å². The van der Waals surface area contributed by atoms with Crippen molar-refractivity contribution in [3.05, 3.63) is 70.5 Å². The minimum Gasteiger partial charge on any atom is -0.293 e. The van der Waals surface area contributed by atoms with E-state index in [9.17, 15) is 9.59 Å². The Hall–Kier alpha value is -2.40. The van der Waals surface area contributed by atoms with E-state index in [0.717, 1.165) is 12.8 Å². The van der Waals surface area contributed by atoms with Crippen molar-refractivity contribution in [2.75, 3.05) is 5.75 Å². The van der Waals surface area contributed by atoms with Gasteiger partial charge >= 0.3 is 0 Å². The second-order valence-electron chi connectivity index (χ2n) is 8.00. The number of hydrogen-bond acceptors (Lipinski definition) is 4. The first-order chi connectivity index (χ1) is 14.1. The molecular formula is C24H26N2O2S. The van der Waals surface area contributed by atoms with Crippen molar-refractivity contribution in [3.8, 4) is 0 Å². The van der Waals surface area contributed by atoms with E-state index in [1.807, 2.05) is 59.2 Å². The summed E-state index contributed by atoms with van der Waals surface area (Å²) in [5.74, 6) is 1.28. The standard InChI is InChI=1S/C24H26N2O2S/c1-16-9-8-14-21(17(16)2)26-23(28)19-12-6-7-13-20(19)25-24(26)29-15-22(27)18-10-4-3-5-11-18/h3-7,10-13,16-17,21H,8-9,14-15H2,1-2H3/t16-,17+,21-/m0/s1. The molecule has 1 aliphatic carbocycles. The fourth-order valence-corrected chi connectivity index (χ4v) is 5.22. The molecular weight excluding hydrogens is 380 g/mol. The summed E-state index contributed by atoms with van der Waals surface area (Å²) in [6.07, 6.45) is 3.29. The molecule has 1 aromatic heterocycles. The quantitative estimate of drug-likeness (QED) is 0.325. The Morgan fingerprint density at radius 1 is 1.07 bits per heavy atom. The monoisotopic (exact) mass is 406 g/mol. The van der Waals surface area contributed by atoms with Gasteiger partial charge < -0.3 is 0 Å². The highest BCUT2D eigenvalue weighted by atomic mass is 32.2. The normalized spacial score (nSPS) is 21.9. The predicted molar refractivity (Wildman–Crippen MR) is 119 cm³/mol. The molecule has 0 aliphatic heterocycles. The van der Waals surface area contributed by atoms with Gasteiger partial charge in [-0.15, -0.1) is 0 Å². The van der Waals surface area contributed by atoms with Crippen LogP contribution in [0.1, 0.15) is 49.5 Å². The highest BCUT2D eigenvalue weighted by molar-refractivity contribution is 7.99. The number of carbonyl (C=O) groups excluding carboxylic acids is 1. The van der Waals surface area contributed by atoms with Crippen molar-refractivity contribution in [1.29, 1.82) is 0 Å². The van der Waals surface area contributed by atoms with Crippen LogP contribution in [-0.2, 0) is 0 Å². The van der Waals surface area contributed by atoms with E-state index in [2.05, 4.69) is 13.8 Å². The number of ketones is 1. The lowest BCUT2D eigenvalue weighted by Crippen LogP contribution is -2.35. The van der Waals surface area contributed by atoms with Gasteiger partial charge in [0.05, 0.1) is 16.7 Å². The van der Waals surface area contributed by atoms with Crippen LogP contribution >= 0.6 is 11.8 Å². The molecule has 0 radical (unpaired) electrons. The lowest BCUT2D eigenvalue weighted by atomic mass is 9.78. The molecule has 3 aromatic rings. The van der Waals surface area contributed by atoms with Crippen LogP contribution in [0.3, 0.4) is 0 Å². The molecule has 1 fully saturated rings. The number of thioether (sulfide) groups is 1. The number of benzene rings is 2. The molecule has 0 N–H and O–H groups in total. The van der Waals surface area contributed by atoms with E-state index in [4.69, 9.17) is 4.98 Å². The highest BCUT2D eigenvalue weighted by Crippen LogP contribution is 2.38. The first kappa shape index (κ1) is 19.9. The van der Waals surface area contributed by atoms with Crippen LogP contribution in [-0.4, -0.2) is 21.1 Å². The molecule has 4 rings (SSSR count). The third-order valence-corrected chi connectivity index (χ3v) is 7.15. The number of nitrogens with zero attached hydrogens (tertiary/aromatic N) is 2. The van der Waals surface area contributed by atoms with Crippen molar-refractivity contribution < 1.29 is 4.79 Å². The molecule has 3 atom stereocenters. The zero-order valence-corrected chi connectivity index (χ0v) is 17.7. The van der Waals surface area contributed by atoms with E-state index in [1.165, 1.54) is 18.2 Å². The summed E-state index contributed by atoms with van der Waals surface area (Å²) < 4.78 is 1.88. The van der Waals surface area contributed by atoms with Gasteiger partial charge in [-0.1, -0.05) is 80.9 Å². The number of fused-ring (bicyclic) bond motifs is 1. The molecule has 0 saturated heterocycles. The van der Waals surface area contributed by atoms with Gasteiger partial charge in [-0.05, 0) is 30.4 Å². The molecule has 0 amide bonds. The Morgan fingerprint density at radius 3 is 2.59 bits per heavy atom. The molecule has 0 unspecified atom stereocenters.